The van der Waals surface area contributed by atoms with Crippen LogP contribution in [0.5, 0.6) is 0 Å². The van der Waals surface area contributed by atoms with Crippen molar-refractivity contribution in [3.05, 3.63) is 0 Å². The summed E-state index contributed by atoms with van der Waals surface area (Å²) in [6, 6.07) is 1.95. The second-order valence-electron chi connectivity index (χ2n) is 3.79. The van der Waals surface area contributed by atoms with Crippen molar-refractivity contribution in [2.45, 2.75) is 43.1 Å². The predicted octanol–water partition coefficient (Wildman–Crippen LogP) is 1.27. The van der Waals surface area contributed by atoms with E-state index >= 15 is 0 Å². The molecule has 1 aliphatic rings. The Morgan fingerprint density at radius 3 is 2.53 bits per heavy atom. The first-order valence-corrected chi connectivity index (χ1v) is 6.91. The Morgan fingerprint density at radius 1 is 1.47 bits per heavy atom. The minimum Gasteiger partial charge on any atom is -0.381 e. The molecule has 5 heteroatoms. The fourth-order valence-corrected chi connectivity index (χ4v) is 4.04. The van der Waals surface area contributed by atoms with Crippen LogP contribution in [-0.2, 0) is 14.6 Å². The lowest BCUT2D eigenvalue weighted by Crippen LogP contribution is -2.35. The van der Waals surface area contributed by atoms with Gasteiger partial charge in [-0.3, -0.25) is 0 Å². The molecule has 86 valence electrons. The molecule has 0 aromatic rings. The van der Waals surface area contributed by atoms with Crippen molar-refractivity contribution < 1.29 is 13.2 Å². The summed E-state index contributed by atoms with van der Waals surface area (Å²) in [6.07, 6.45) is 1.78. The second kappa shape index (κ2) is 5.47. The van der Waals surface area contributed by atoms with E-state index < -0.39 is 15.1 Å². The monoisotopic (exact) mass is 231 g/mol. The first-order chi connectivity index (χ1) is 7.12. The molecule has 4 nitrogen and oxygen atoms in total. The van der Waals surface area contributed by atoms with Gasteiger partial charge in [-0.25, -0.2) is 8.42 Å². The molecule has 1 unspecified atom stereocenters. The van der Waals surface area contributed by atoms with Crippen LogP contribution in [0.3, 0.4) is 0 Å². The van der Waals surface area contributed by atoms with Crippen LogP contribution in [0.2, 0.25) is 0 Å². The number of hydrogen-bond acceptors (Lipinski definition) is 4. The lowest BCUT2D eigenvalue weighted by Gasteiger charge is -2.25. The van der Waals surface area contributed by atoms with E-state index in [1.165, 1.54) is 0 Å². The molecular formula is C10H17NO3S. The summed E-state index contributed by atoms with van der Waals surface area (Å²) in [6.45, 7) is 2.86. The number of rotatable bonds is 4. The van der Waals surface area contributed by atoms with Gasteiger partial charge in [0.15, 0.2) is 9.84 Å². The highest BCUT2D eigenvalue weighted by Gasteiger charge is 2.33. The zero-order valence-corrected chi connectivity index (χ0v) is 9.79. The average Bonchev–Trinajstić information content (AvgIpc) is 2.27. The summed E-state index contributed by atoms with van der Waals surface area (Å²) in [5, 5.41) is 7.79. The standard InChI is InChI=1S/C10H17NO3S/c1-2-9(3-6-11)15(12,13)10-4-7-14-8-5-10/h9-10H,2-5,7-8H2,1H3. The third-order valence-electron chi connectivity index (χ3n) is 2.87. The van der Waals surface area contributed by atoms with Gasteiger partial charge in [0.25, 0.3) is 0 Å². The number of sulfone groups is 1. The summed E-state index contributed by atoms with van der Waals surface area (Å²) in [5.74, 6) is 0. The Morgan fingerprint density at radius 2 is 2.07 bits per heavy atom. The molecule has 0 saturated carbocycles. The van der Waals surface area contributed by atoms with Crippen LogP contribution < -0.4 is 0 Å². The topological polar surface area (TPSA) is 67.2 Å². The first-order valence-electron chi connectivity index (χ1n) is 5.30. The van der Waals surface area contributed by atoms with Crippen LogP contribution in [0.1, 0.15) is 32.6 Å². The molecule has 1 fully saturated rings. The molecule has 0 aromatic heterocycles. The van der Waals surface area contributed by atoms with E-state index in [1.54, 1.807) is 0 Å². The fourth-order valence-electron chi connectivity index (χ4n) is 1.87. The summed E-state index contributed by atoms with van der Waals surface area (Å²) >= 11 is 0. The SMILES string of the molecule is CCC(CC#N)S(=O)(=O)C1CCOCC1. The molecule has 0 spiro atoms. The van der Waals surface area contributed by atoms with Gasteiger partial charge in [0, 0.05) is 13.2 Å². The molecule has 15 heavy (non-hydrogen) atoms. The van der Waals surface area contributed by atoms with Gasteiger partial charge in [0.2, 0.25) is 0 Å². The number of nitriles is 1. The smallest absolute Gasteiger partial charge is 0.157 e. The third-order valence-corrected chi connectivity index (χ3v) is 5.70. The highest BCUT2D eigenvalue weighted by molar-refractivity contribution is 7.92. The van der Waals surface area contributed by atoms with E-state index in [2.05, 4.69) is 0 Å². The quantitative estimate of drug-likeness (QED) is 0.730. The van der Waals surface area contributed by atoms with Gasteiger partial charge in [-0.2, -0.15) is 5.26 Å². The van der Waals surface area contributed by atoms with Gasteiger partial charge in [-0.1, -0.05) is 6.92 Å². The maximum Gasteiger partial charge on any atom is 0.157 e. The highest BCUT2D eigenvalue weighted by atomic mass is 32.2. The average molecular weight is 231 g/mol. The van der Waals surface area contributed by atoms with Crippen molar-refractivity contribution in [2.24, 2.45) is 0 Å². The molecule has 1 saturated heterocycles. The van der Waals surface area contributed by atoms with Gasteiger partial charge in [-0.15, -0.1) is 0 Å². The third kappa shape index (κ3) is 2.93. The van der Waals surface area contributed by atoms with Gasteiger partial charge >= 0.3 is 0 Å². The van der Waals surface area contributed by atoms with E-state index in [0.29, 0.717) is 32.5 Å². The van der Waals surface area contributed by atoms with E-state index in [9.17, 15) is 8.42 Å². The van der Waals surface area contributed by atoms with Crippen LogP contribution in [0, 0.1) is 11.3 Å². The Labute approximate surface area is 91.1 Å². The molecular weight excluding hydrogens is 214 g/mol. The molecule has 0 aliphatic carbocycles. The van der Waals surface area contributed by atoms with Crippen molar-refractivity contribution in [1.29, 1.82) is 5.26 Å². The van der Waals surface area contributed by atoms with Crippen molar-refractivity contribution in [1.82, 2.24) is 0 Å². The van der Waals surface area contributed by atoms with Crippen molar-refractivity contribution >= 4 is 9.84 Å². The summed E-state index contributed by atoms with van der Waals surface area (Å²) in [7, 11) is -3.14. The van der Waals surface area contributed by atoms with Crippen LogP contribution in [0.15, 0.2) is 0 Å². The molecule has 1 rings (SSSR count). The maximum atomic E-state index is 12.1. The maximum absolute atomic E-state index is 12.1. The van der Waals surface area contributed by atoms with E-state index in [0.717, 1.165) is 0 Å². The number of ether oxygens (including phenoxy) is 1. The van der Waals surface area contributed by atoms with Gasteiger partial charge in [0.1, 0.15) is 0 Å². The van der Waals surface area contributed by atoms with Crippen LogP contribution >= 0.6 is 0 Å². The lowest BCUT2D eigenvalue weighted by atomic mass is 10.2. The summed E-state index contributed by atoms with van der Waals surface area (Å²) in [5.41, 5.74) is 0. The molecule has 0 amide bonds. The summed E-state index contributed by atoms with van der Waals surface area (Å²) in [4.78, 5) is 0. The molecule has 1 atom stereocenters. The van der Waals surface area contributed by atoms with Crippen molar-refractivity contribution in [2.75, 3.05) is 13.2 Å². The number of hydrogen-bond donors (Lipinski definition) is 0. The zero-order valence-electron chi connectivity index (χ0n) is 8.98. The lowest BCUT2D eigenvalue weighted by molar-refractivity contribution is 0.0982. The highest BCUT2D eigenvalue weighted by Crippen LogP contribution is 2.23. The molecule has 0 aromatic carbocycles. The minimum atomic E-state index is -3.14. The van der Waals surface area contributed by atoms with Crippen molar-refractivity contribution in [3.63, 3.8) is 0 Å². The normalized spacial score (nSPS) is 20.8. The molecule has 0 N–H and O–H groups in total. The van der Waals surface area contributed by atoms with Crippen molar-refractivity contribution in [3.8, 4) is 6.07 Å². The zero-order chi connectivity index (χ0) is 11.3. The first kappa shape index (κ1) is 12.5. The van der Waals surface area contributed by atoms with Gasteiger partial charge < -0.3 is 4.74 Å². The minimum absolute atomic E-state index is 0.107. The second-order valence-corrected chi connectivity index (χ2v) is 6.30. The Balaban J connectivity index is 2.75. The Kier molecular flexibility index (Phi) is 4.55. The van der Waals surface area contributed by atoms with E-state index in [1.807, 2.05) is 13.0 Å². The molecule has 1 heterocycles. The van der Waals surface area contributed by atoms with Gasteiger partial charge in [-0.05, 0) is 19.3 Å². The van der Waals surface area contributed by atoms with Crippen LogP contribution in [0.4, 0.5) is 0 Å². The van der Waals surface area contributed by atoms with Gasteiger partial charge in [0.05, 0.1) is 23.0 Å². The van der Waals surface area contributed by atoms with E-state index in [4.69, 9.17) is 10.00 Å². The number of nitrogens with zero attached hydrogens (tertiary/aromatic N) is 1. The Bertz CT molecular complexity index is 325. The van der Waals surface area contributed by atoms with Crippen LogP contribution in [0.25, 0.3) is 0 Å². The molecule has 0 bridgehead atoms. The fraction of sp³-hybridized carbons (Fsp3) is 0.900. The molecule has 0 radical (unpaired) electrons. The predicted molar refractivity (Wildman–Crippen MR) is 57.1 cm³/mol. The molecule has 1 aliphatic heterocycles. The van der Waals surface area contributed by atoms with Crippen LogP contribution in [-0.4, -0.2) is 32.1 Å². The van der Waals surface area contributed by atoms with E-state index in [-0.39, 0.29) is 11.7 Å². The summed E-state index contributed by atoms with van der Waals surface area (Å²) < 4.78 is 29.3. The largest absolute Gasteiger partial charge is 0.381 e. The Hall–Kier alpha value is -0.600.